The highest BCUT2D eigenvalue weighted by atomic mass is 35.5. The van der Waals surface area contributed by atoms with Gasteiger partial charge in [-0.15, -0.1) is 0 Å². The lowest BCUT2D eigenvalue weighted by Gasteiger charge is -2.08. The van der Waals surface area contributed by atoms with Crippen LogP contribution in [0.15, 0.2) is 42.5 Å². The number of hydrogen-bond donors (Lipinski definition) is 2. The Morgan fingerprint density at radius 3 is 2.43 bits per heavy atom. The maximum atomic E-state index is 11.9. The van der Waals surface area contributed by atoms with E-state index in [1.54, 1.807) is 24.3 Å². The molecule has 0 aliphatic heterocycles. The van der Waals surface area contributed by atoms with Gasteiger partial charge in [-0.1, -0.05) is 29.8 Å². The van der Waals surface area contributed by atoms with Gasteiger partial charge in [0.1, 0.15) is 6.61 Å². The Morgan fingerprint density at radius 1 is 1.14 bits per heavy atom. The van der Waals surface area contributed by atoms with Crippen LogP contribution >= 0.6 is 11.6 Å². The van der Waals surface area contributed by atoms with E-state index in [2.05, 4.69) is 0 Å². The van der Waals surface area contributed by atoms with E-state index in [-0.39, 0.29) is 22.8 Å². The van der Waals surface area contributed by atoms with E-state index in [4.69, 9.17) is 27.2 Å². The number of carboxylic acid groups (broad SMARTS) is 1. The van der Waals surface area contributed by atoms with E-state index in [1.807, 2.05) is 0 Å². The minimum Gasteiger partial charge on any atom is -0.478 e. The van der Waals surface area contributed by atoms with Crippen molar-refractivity contribution >= 4 is 29.2 Å². The number of hydrogen-bond acceptors (Lipinski definition) is 4. The van der Waals surface area contributed by atoms with Gasteiger partial charge in [0.25, 0.3) is 0 Å². The minimum atomic E-state index is -1.01. The molecule has 0 fully saturated rings. The molecule has 0 heterocycles. The number of esters is 1. The van der Waals surface area contributed by atoms with Gasteiger partial charge in [0.2, 0.25) is 0 Å². The molecule has 0 aliphatic carbocycles. The van der Waals surface area contributed by atoms with Crippen LogP contribution in [0.4, 0.5) is 5.69 Å². The maximum Gasteiger partial charge on any atom is 0.340 e. The topological polar surface area (TPSA) is 89.6 Å². The lowest BCUT2D eigenvalue weighted by atomic mass is 10.1. The van der Waals surface area contributed by atoms with Crippen molar-refractivity contribution in [2.75, 3.05) is 5.73 Å². The summed E-state index contributed by atoms with van der Waals surface area (Å²) in [7, 11) is 0. The summed E-state index contributed by atoms with van der Waals surface area (Å²) in [6.07, 6.45) is 0. The molecule has 0 bridgehead atoms. The number of carbonyl (C=O) groups excluding carboxylic acids is 1. The van der Waals surface area contributed by atoms with Crippen molar-refractivity contribution < 1.29 is 19.4 Å². The van der Waals surface area contributed by atoms with Gasteiger partial charge in [-0.05, 0) is 29.8 Å². The predicted octanol–water partition coefficient (Wildman–Crippen LogP) is 2.98. The normalized spacial score (nSPS) is 10.1. The molecule has 0 spiro atoms. The van der Waals surface area contributed by atoms with Crippen molar-refractivity contribution in [3.63, 3.8) is 0 Å². The number of carboxylic acids is 1. The zero-order chi connectivity index (χ0) is 15.4. The third-order valence-electron chi connectivity index (χ3n) is 2.82. The van der Waals surface area contributed by atoms with Crippen LogP contribution in [0.3, 0.4) is 0 Å². The number of nitrogens with two attached hydrogens (primary N) is 1. The van der Waals surface area contributed by atoms with E-state index in [0.717, 1.165) is 0 Å². The van der Waals surface area contributed by atoms with E-state index in [0.29, 0.717) is 11.3 Å². The number of benzene rings is 2. The van der Waals surface area contributed by atoms with Gasteiger partial charge in [0.15, 0.2) is 0 Å². The van der Waals surface area contributed by atoms with Gasteiger partial charge in [-0.3, -0.25) is 0 Å². The molecule has 108 valence electrons. The molecule has 3 N–H and O–H groups in total. The number of carbonyl (C=O) groups is 2. The smallest absolute Gasteiger partial charge is 0.340 e. The fourth-order valence-corrected chi connectivity index (χ4v) is 1.88. The molecule has 0 aromatic heterocycles. The molecule has 0 amide bonds. The molecule has 0 unspecified atom stereocenters. The highest BCUT2D eigenvalue weighted by Gasteiger charge is 2.13. The first kappa shape index (κ1) is 14.9. The molecule has 0 atom stereocenters. The highest BCUT2D eigenvalue weighted by molar-refractivity contribution is 6.36. The highest BCUT2D eigenvalue weighted by Crippen LogP contribution is 2.24. The Morgan fingerprint density at radius 2 is 1.81 bits per heavy atom. The average Bonchev–Trinajstić information content (AvgIpc) is 2.48. The van der Waals surface area contributed by atoms with Gasteiger partial charge in [0, 0.05) is 0 Å². The summed E-state index contributed by atoms with van der Waals surface area (Å²) >= 11 is 5.93. The van der Waals surface area contributed by atoms with Gasteiger partial charge in [-0.2, -0.15) is 0 Å². The van der Waals surface area contributed by atoms with Crippen molar-refractivity contribution in [3.8, 4) is 0 Å². The summed E-state index contributed by atoms with van der Waals surface area (Å²) in [6.45, 7) is 0.0177. The van der Waals surface area contributed by atoms with Crippen molar-refractivity contribution in [3.05, 3.63) is 64.2 Å². The fraction of sp³-hybridized carbons (Fsp3) is 0.0667. The molecule has 2 rings (SSSR count). The first-order valence-electron chi connectivity index (χ1n) is 6.02. The first-order valence-corrected chi connectivity index (χ1v) is 6.40. The van der Waals surface area contributed by atoms with E-state index < -0.39 is 11.9 Å². The standard InChI is InChI=1S/C15H12ClNO4/c16-13-11(2-1-3-12(13)17)15(20)21-8-9-4-6-10(7-5-9)14(18)19/h1-7H,8,17H2,(H,18,19). The van der Waals surface area contributed by atoms with Crippen LogP contribution in [0.2, 0.25) is 5.02 Å². The van der Waals surface area contributed by atoms with Gasteiger partial charge < -0.3 is 15.6 Å². The van der Waals surface area contributed by atoms with Crippen LogP contribution in [0.5, 0.6) is 0 Å². The largest absolute Gasteiger partial charge is 0.478 e. The second kappa shape index (κ2) is 6.28. The van der Waals surface area contributed by atoms with Crippen LogP contribution in [0.1, 0.15) is 26.3 Å². The number of rotatable bonds is 4. The number of nitrogen functional groups attached to an aromatic ring is 1. The molecule has 0 saturated carbocycles. The summed E-state index contributed by atoms with van der Waals surface area (Å²) in [6, 6.07) is 10.8. The molecule has 0 radical (unpaired) electrons. The predicted molar refractivity (Wildman–Crippen MR) is 78.4 cm³/mol. The zero-order valence-corrected chi connectivity index (χ0v) is 11.6. The van der Waals surface area contributed by atoms with Crippen molar-refractivity contribution in [1.82, 2.24) is 0 Å². The second-order valence-corrected chi connectivity index (χ2v) is 4.66. The molecule has 5 nitrogen and oxygen atoms in total. The van der Waals surface area contributed by atoms with E-state index >= 15 is 0 Å². The Hall–Kier alpha value is -2.53. The monoisotopic (exact) mass is 305 g/mol. The minimum absolute atomic E-state index is 0.0177. The van der Waals surface area contributed by atoms with E-state index in [1.165, 1.54) is 18.2 Å². The molecular formula is C15H12ClNO4. The summed E-state index contributed by atoms with van der Waals surface area (Å²) in [5.74, 6) is -1.60. The Balaban J connectivity index is 2.04. The second-order valence-electron chi connectivity index (χ2n) is 4.29. The summed E-state index contributed by atoms with van der Waals surface area (Å²) < 4.78 is 5.12. The molecule has 2 aromatic rings. The third-order valence-corrected chi connectivity index (χ3v) is 3.24. The SMILES string of the molecule is Nc1cccc(C(=O)OCc2ccc(C(=O)O)cc2)c1Cl. The number of halogens is 1. The molecule has 6 heteroatoms. The Kier molecular flexibility index (Phi) is 4.45. The lowest BCUT2D eigenvalue weighted by Crippen LogP contribution is -2.07. The molecule has 2 aromatic carbocycles. The van der Waals surface area contributed by atoms with Crippen LogP contribution in [-0.4, -0.2) is 17.0 Å². The summed E-state index contributed by atoms with van der Waals surface area (Å²) in [5.41, 5.74) is 6.96. The Bertz CT molecular complexity index is 683. The molecular weight excluding hydrogens is 294 g/mol. The van der Waals surface area contributed by atoms with Crippen molar-refractivity contribution in [1.29, 1.82) is 0 Å². The quantitative estimate of drug-likeness (QED) is 0.669. The number of aromatic carboxylic acids is 1. The lowest BCUT2D eigenvalue weighted by molar-refractivity contribution is 0.0472. The molecule has 21 heavy (non-hydrogen) atoms. The Labute approximate surface area is 125 Å². The fourth-order valence-electron chi connectivity index (χ4n) is 1.68. The summed E-state index contributed by atoms with van der Waals surface area (Å²) in [5, 5.41) is 8.94. The van der Waals surface area contributed by atoms with Crippen molar-refractivity contribution in [2.24, 2.45) is 0 Å². The zero-order valence-electron chi connectivity index (χ0n) is 10.9. The van der Waals surface area contributed by atoms with Gasteiger partial charge in [0.05, 0.1) is 21.8 Å². The van der Waals surface area contributed by atoms with Crippen LogP contribution < -0.4 is 5.73 Å². The van der Waals surface area contributed by atoms with Gasteiger partial charge in [-0.25, -0.2) is 9.59 Å². The third kappa shape index (κ3) is 3.52. The van der Waals surface area contributed by atoms with Crippen molar-refractivity contribution in [2.45, 2.75) is 6.61 Å². The first-order chi connectivity index (χ1) is 9.99. The molecule has 0 saturated heterocycles. The van der Waals surface area contributed by atoms with Crippen LogP contribution in [0.25, 0.3) is 0 Å². The summed E-state index contributed by atoms with van der Waals surface area (Å²) in [4.78, 5) is 22.6. The maximum absolute atomic E-state index is 11.9. The van der Waals surface area contributed by atoms with E-state index in [9.17, 15) is 9.59 Å². The van der Waals surface area contributed by atoms with Gasteiger partial charge >= 0.3 is 11.9 Å². The average molecular weight is 306 g/mol. The number of anilines is 1. The van der Waals surface area contributed by atoms with Crippen LogP contribution in [0, 0.1) is 0 Å². The van der Waals surface area contributed by atoms with Crippen LogP contribution in [-0.2, 0) is 11.3 Å². The molecule has 0 aliphatic rings. The number of ether oxygens (including phenoxy) is 1.